The molecule has 1 amide bonds. The van der Waals surface area contributed by atoms with E-state index in [0.29, 0.717) is 34.6 Å². The van der Waals surface area contributed by atoms with E-state index in [1.807, 2.05) is 54.6 Å². The van der Waals surface area contributed by atoms with Gasteiger partial charge in [-0.2, -0.15) is 5.10 Å². The fourth-order valence-corrected chi connectivity index (χ4v) is 5.06. The molecule has 4 rings (SSSR count). The minimum Gasteiger partial charge on any atom is -0.489 e. The van der Waals surface area contributed by atoms with Crippen molar-refractivity contribution in [2.24, 2.45) is 5.10 Å². The monoisotopic (exact) mass is 577 g/mol. The number of rotatable bonds is 11. The highest BCUT2D eigenvalue weighted by Crippen LogP contribution is 2.27. The predicted octanol–water partition coefficient (Wildman–Crippen LogP) is 6.02. The Morgan fingerprint density at radius 2 is 1.50 bits per heavy atom. The summed E-state index contributed by atoms with van der Waals surface area (Å²) in [6.45, 7) is 1.89. The van der Waals surface area contributed by atoms with Gasteiger partial charge in [-0.15, -0.1) is 0 Å². The molecule has 0 aliphatic heterocycles. The molecular weight excluding hydrogens is 550 g/mol. The molecule has 0 heterocycles. The van der Waals surface area contributed by atoms with Crippen molar-refractivity contribution >= 4 is 39.4 Å². The third kappa shape index (κ3) is 8.08. The molecule has 0 spiro atoms. The summed E-state index contributed by atoms with van der Waals surface area (Å²) in [7, 11) is -3.78. The SMILES string of the molecule is C[C@@H](C(=O)N/N=C\c1ccc(OCc2ccc(Cl)cc2)cc1)N(c1ccc(Oc2ccccc2)cc1)S(C)(=O)=O. The second-order valence-electron chi connectivity index (χ2n) is 8.86. The van der Waals surface area contributed by atoms with Gasteiger partial charge in [0.15, 0.2) is 0 Å². The van der Waals surface area contributed by atoms with Crippen LogP contribution in [0.5, 0.6) is 17.2 Å². The molecule has 10 heteroatoms. The van der Waals surface area contributed by atoms with Gasteiger partial charge in [-0.05, 0) is 90.8 Å². The molecule has 0 aliphatic carbocycles. The Bertz CT molecular complexity index is 1540. The number of nitrogens with one attached hydrogen (secondary N) is 1. The molecule has 4 aromatic carbocycles. The first-order valence-electron chi connectivity index (χ1n) is 12.3. The van der Waals surface area contributed by atoms with Crippen molar-refractivity contribution in [2.75, 3.05) is 10.6 Å². The van der Waals surface area contributed by atoms with Crippen molar-refractivity contribution in [1.29, 1.82) is 0 Å². The van der Waals surface area contributed by atoms with Crippen LogP contribution in [0.25, 0.3) is 0 Å². The van der Waals surface area contributed by atoms with E-state index < -0.39 is 22.0 Å². The number of hydrogen-bond donors (Lipinski definition) is 1. The molecule has 1 atom stereocenters. The van der Waals surface area contributed by atoms with Gasteiger partial charge in [-0.1, -0.05) is 41.9 Å². The van der Waals surface area contributed by atoms with Crippen LogP contribution in [0, 0.1) is 0 Å². The van der Waals surface area contributed by atoms with Gasteiger partial charge in [-0.3, -0.25) is 9.10 Å². The van der Waals surface area contributed by atoms with Crippen LogP contribution in [0.2, 0.25) is 5.02 Å². The number of benzene rings is 4. The molecule has 8 nitrogen and oxygen atoms in total. The first kappa shape index (κ1) is 28.7. The zero-order valence-corrected chi connectivity index (χ0v) is 23.5. The number of ether oxygens (including phenoxy) is 2. The maximum Gasteiger partial charge on any atom is 0.263 e. The second kappa shape index (κ2) is 13.1. The van der Waals surface area contributed by atoms with Crippen LogP contribution in [0.3, 0.4) is 0 Å². The van der Waals surface area contributed by atoms with Crippen LogP contribution < -0.4 is 19.2 Å². The van der Waals surface area contributed by atoms with Gasteiger partial charge in [0.1, 0.15) is 29.9 Å². The van der Waals surface area contributed by atoms with E-state index in [2.05, 4.69) is 10.5 Å². The van der Waals surface area contributed by atoms with Gasteiger partial charge < -0.3 is 9.47 Å². The fraction of sp³-hybridized carbons (Fsp3) is 0.133. The summed E-state index contributed by atoms with van der Waals surface area (Å²) in [5.74, 6) is 1.27. The Labute approximate surface area is 238 Å². The zero-order chi connectivity index (χ0) is 28.5. The number of anilines is 1. The first-order valence-corrected chi connectivity index (χ1v) is 14.5. The van der Waals surface area contributed by atoms with E-state index >= 15 is 0 Å². The average molecular weight is 578 g/mol. The van der Waals surface area contributed by atoms with Gasteiger partial charge in [0.2, 0.25) is 10.0 Å². The van der Waals surface area contributed by atoms with Crippen molar-refractivity contribution in [3.05, 3.63) is 119 Å². The number of halogens is 1. The largest absolute Gasteiger partial charge is 0.489 e. The van der Waals surface area contributed by atoms with E-state index in [1.54, 1.807) is 48.5 Å². The highest BCUT2D eigenvalue weighted by Gasteiger charge is 2.29. The lowest BCUT2D eigenvalue weighted by Crippen LogP contribution is -2.46. The molecule has 0 aliphatic rings. The van der Waals surface area contributed by atoms with Gasteiger partial charge in [-0.25, -0.2) is 13.8 Å². The molecule has 0 saturated heterocycles. The Balaban J connectivity index is 1.34. The summed E-state index contributed by atoms with van der Waals surface area (Å²) in [6.07, 6.45) is 2.51. The molecule has 0 saturated carbocycles. The van der Waals surface area contributed by atoms with Gasteiger partial charge in [0.05, 0.1) is 18.2 Å². The van der Waals surface area contributed by atoms with E-state index in [1.165, 1.54) is 13.1 Å². The standard InChI is InChI=1S/C30H28ClN3O5S/c1-22(34(40(2,36)37)26-14-18-29(19-15-26)39-28-6-4-3-5-7-28)30(35)33-32-20-23-10-16-27(17-11-23)38-21-24-8-12-25(31)13-9-24/h3-20,22H,21H2,1-2H3,(H,33,35)/b32-20-/t22-/m0/s1. The third-order valence-electron chi connectivity index (χ3n) is 5.75. The topological polar surface area (TPSA) is 97.3 Å². The number of amides is 1. The molecule has 1 N–H and O–H groups in total. The Kier molecular flexibility index (Phi) is 9.42. The number of carbonyl (C=O) groups excluding carboxylic acids is 1. The predicted molar refractivity (Wildman–Crippen MR) is 158 cm³/mol. The molecular formula is C30H28ClN3O5S. The average Bonchev–Trinajstić information content (AvgIpc) is 2.94. The summed E-state index contributed by atoms with van der Waals surface area (Å²) in [4.78, 5) is 12.8. The molecule has 0 bridgehead atoms. The summed E-state index contributed by atoms with van der Waals surface area (Å²) < 4.78 is 37.8. The van der Waals surface area contributed by atoms with Gasteiger partial charge in [0, 0.05) is 5.02 Å². The number of hydrazone groups is 1. The number of sulfonamides is 1. The lowest BCUT2D eigenvalue weighted by Gasteiger charge is -2.27. The molecule has 4 aromatic rings. The number of nitrogens with zero attached hydrogens (tertiary/aromatic N) is 2. The van der Waals surface area contributed by atoms with E-state index in [4.69, 9.17) is 21.1 Å². The van der Waals surface area contributed by atoms with Crippen LogP contribution in [0.1, 0.15) is 18.1 Å². The first-order chi connectivity index (χ1) is 19.2. The molecule has 40 heavy (non-hydrogen) atoms. The molecule has 0 unspecified atom stereocenters. The van der Waals surface area contributed by atoms with Crippen LogP contribution in [0.4, 0.5) is 5.69 Å². The highest BCUT2D eigenvalue weighted by atomic mass is 35.5. The lowest BCUT2D eigenvalue weighted by molar-refractivity contribution is -0.121. The highest BCUT2D eigenvalue weighted by molar-refractivity contribution is 7.92. The Morgan fingerprint density at radius 3 is 2.12 bits per heavy atom. The molecule has 0 radical (unpaired) electrons. The fourth-order valence-electron chi connectivity index (χ4n) is 3.76. The summed E-state index contributed by atoms with van der Waals surface area (Å²) >= 11 is 5.90. The van der Waals surface area contributed by atoms with Crippen LogP contribution >= 0.6 is 11.6 Å². The van der Waals surface area contributed by atoms with Gasteiger partial charge >= 0.3 is 0 Å². The van der Waals surface area contributed by atoms with E-state index in [9.17, 15) is 13.2 Å². The Morgan fingerprint density at radius 1 is 0.900 bits per heavy atom. The summed E-state index contributed by atoms with van der Waals surface area (Å²) in [6, 6.07) is 29.2. The van der Waals surface area contributed by atoms with Crippen LogP contribution in [0.15, 0.2) is 108 Å². The number of para-hydroxylation sites is 1. The summed E-state index contributed by atoms with van der Waals surface area (Å²) in [5.41, 5.74) is 4.46. The molecule has 0 fully saturated rings. The minimum absolute atomic E-state index is 0.323. The number of carbonyl (C=O) groups is 1. The van der Waals surface area contributed by atoms with Gasteiger partial charge in [0.25, 0.3) is 5.91 Å². The van der Waals surface area contributed by atoms with Crippen molar-refractivity contribution < 1.29 is 22.7 Å². The summed E-state index contributed by atoms with van der Waals surface area (Å²) in [5, 5.41) is 4.66. The van der Waals surface area contributed by atoms with Crippen LogP contribution in [-0.4, -0.2) is 32.8 Å². The maximum atomic E-state index is 12.8. The quantitative estimate of drug-likeness (QED) is 0.174. The lowest BCUT2D eigenvalue weighted by atomic mass is 10.2. The second-order valence-corrected chi connectivity index (χ2v) is 11.2. The van der Waals surface area contributed by atoms with Crippen molar-refractivity contribution in [3.8, 4) is 17.2 Å². The third-order valence-corrected chi connectivity index (χ3v) is 7.24. The van der Waals surface area contributed by atoms with Crippen molar-refractivity contribution in [3.63, 3.8) is 0 Å². The maximum absolute atomic E-state index is 12.8. The van der Waals surface area contributed by atoms with Crippen molar-refractivity contribution in [2.45, 2.75) is 19.6 Å². The smallest absolute Gasteiger partial charge is 0.263 e. The zero-order valence-electron chi connectivity index (χ0n) is 21.9. The van der Waals surface area contributed by atoms with E-state index in [-0.39, 0.29) is 0 Å². The Hall–Kier alpha value is -4.34. The van der Waals surface area contributed by atoms with E-state index in [0.717, 1.165) is 21.7 Å². The molecule has 206 valence electrons. The molecule has 0 aromatic heterocycles. The van der Waals surface area contributed by atoms with Crippen LogP contribution in [-0.2, 0) is 21.4 Å². The minimum atomic E-state index is -3.78. The normalized spacial score (nSPS) is 12.1. The number of hydrogen-bond acceptors (Lipinski definition) is 6. The van der Waals surface area contributed by atoms with Crippen molar-refractivity contribution in [1.82, 2.24) is 5.43 Å².